The summed E-state index contributed by atoms with van der Waals surface area (Å²) in [4.78, 5) is 0. The predicted octanol–water partition coefficient (Wildman–Crippen LogP) is 1.36. The molecular formula is C12H17NO3. The van der Waals surface area contributed by atoms with Crippen molar-refractivity contribution in [3.63, 3.8) is 0 Å². The molecule has 2 rings (SSSR count). The molecule has 0 aromatic heterocycles. The van der Waals surface area contributed by atoms with Gasteiger partial charge in [0, 0.05) is 18.7 Å². The molecule has 0 saturated heterocycles. The van der Waals surface area contributed by atoms with Crippen molar-refractivity contribution in [1.82, 2.24) is 5.32 Å². The molecule has 0 radical (unpaired) electrons. The van der Waals surface area contributed by atoms with Crippen LogP contribution in [0.1, 0.15) is 11.6 Å². The number of nitrogens with one attached hydrogen (secondary N) is 1. The van der Waals surface area contributed by atoms with Crippen molar-refractivity contribution in [3.8, 4) is 11.5 Å². The smallest absolute Gasteiger partial charge is 0.127 e. The van der Waals surface area contributed by atoms with Crippen molar-refractivity contribution >= 4 is 0 Å². The van der Waals surface area contributed by atoms with Crippen LogP contribution in [0.4, 0.5) is 0 Å². The molecule has 1 atom stereocenters. The molecule has 1 aliphatic heterocycles. The van der Waals surface area contributed by atoms with E-state index in [1.165, 1.54) is 5.56 Å². The monoisotopic (exact) mass is 223 g/mol. The van der Waals surface area contributed by atoms with Crippen LogP contribution in [0, 0.1) is 0 Å². The van der Waals surface area contributed by atoms with Crippen LogP contribution in [0.5, 0.6) is 11.5 Å². The average molecular weight is 223 g/mol. The highest BCUT2D eigenvalue weighted by molar-refractivity contribution is 5.44. The number of hydrogen-bond donors (Lipinski definition) is 1. The first-order valence-corrected chi connectivity index (χ1v) is 5.41. The molecule has 1 unspecified atom stereocenters. The molecule has 1 N–H and O–H groups in total. The Balaban J connectivity index is 2.03. The van der Waals surface area contributed by atoms with E-state index in [-0.39, 0.29) is 0 Å². The molecule has 1 aliphatic rings. The van der Waals surface area contributed by atoms with Gasteiger partial charge >= 0.3 is 0 Å². The lowest BCUT2D eigenvalue weighted by Crippen LogP contribution is -2.17. The van der Waals surface area contributed by atoms with Crippen molar-refractivity contribution in [1.29, 1.82) is 0 Å². The van der Waals surface area contributed by atoms with Crippen LogP contribution in [0.15, 0.2) is 18.2 Å². The van der Waals surface area contributed by atoms with Crippen molar-refractivity contribution in [3.05, 3.63) is 23.8 Å². The summed E-state index contributed by atoms with van der Waals surface area (Å²) in [5.41, 5.74) is 1.20. The second-order valence-corrected chi connectivity index (χ2v) is 3.69. The number of likely N-dealkylation sites (N-methyl/N-ethyl adjacent to an activating group) is 1. The Labute approximate surface area is 95.5 Å². The number of rotatable bonds is 5. The minimum atomic E-state index is 0.294. The van der Waals surface area contributed by atoms with Gasteiger partial charge in [0.15, 0.2) is 0 Å². The largest absolute Gasteiger partial charge is 0.491 e. The quantitative estimate of drug-likeness (QED) is 0.765. The third-order valence-electron chi connectivity index (χ3n) is 2.67. The SMILES string of the molecule is CNC1COc2cc(OCCOC)ccc21. The molecule has 0 bridgehead atoms. The Morgan fingerprint density at radius 2 is 2.31 bits per heavy atom. The third-order valence-corrected chi connectivity index (χ3v) is 2.67. The van der Waals surface area contributed by atoms with Gasteiger partial charge < -0.3 is 19.5 Å². The standard InChI is InChI=1S/C12H17NO3/c1-13-11-8-16-12-7-9(3-4-10(11)12)15-6-5-14-2/h3-4,7,11,13H,5-6,8H2,1-2H3. The van der Waals surface area contributed by atoms with E-state index in [0.29, 0.717) is 25.9 Å². The van der Waals surface area contributed by atoms with Gasteiger partial charge in [0.1, 0.15) is 24.7 Å². The van der Waals surface area contributed by atoms with Crippen molar-refractivity contribution < 1.29 is 14.2 Å². The van der Waals surface area contributed by atoms with E-state index >= 15 is 0 Å². The number of hydrogen-bond acceptors (Lipinski definition) is 4. The van der Waals surface area contributed by atoms with E-state index in [0.717, 1.165) is 11.5 Å². The Bertz CT molecular complexity index is 354. The fraction of sp³-hybridized carbons (Fsp3) is 0.500. The highest BCUT2D eigenvalue weighted by Gasteiger charge is 2.22. The van der Waals surface area contributed by atoms with Crippen LogP contribution in [-0.4, -0.2) is 34.0 Å². The molecule has 0 saturated carbocycles. The topological polar surface area (TPSA) is 39.7 Å². The van der Waals surface area contributed by atoms with E-state index < -0.39 is 0 Å². The molecular weight excluding hydrogens is 206 g/mol. The first-order valence-electron chi connectivity index (χ1n) is 5.41. The van der Waals surface area contributed by atoms with E-state index in [2.05, 4.69) is 5.32 Å². The summed E-state index contributed by atoms with van der Waals surface area (Å²) in [5, 5.41) is 3.21. The van der Waals surface area contributed by atoms with Crippen LogP contribution < -0.4 is 14.8 Å². The normalized spacial score (nSPS) is 18.0. The fourth-order valence-electron chi connectivity index (χ4n) is 1.76. The molecule has 0 fully saturated rings. The molecule has 1 heterocycles. The zero-order chi connectivity index (χ0) is 11.4. The number of ether oxygens (including phenoxy) is 3. The Morgan fingerprint density at radius 3 is 3.06 bits per heavy atom. The summed E-state index contributed by atoms with van der Waals surface area (Å²) in [7, 11) is 3.60. The van der Waals surface area contributed by atoms with Gasteiger partial charge in [0.05, 0.1) is 12.6 Å². The minimum absolute atomic E-state index is 0.294. The first-order chi connectivity index (χ1) is 7.85. The second-order valence-electron chi connectivity index (χ2n) is 3.69. The van der Waals surface area contributed by atoms with Gasteiger partial charge in [0.25, 0.3) is 0 Å². The molecule has 1 aromatic carbocycles. The van der Waals surface area contributed by atoms with Gasteiger partial charge in [-0.1, -0.05) is 0 Å². The van der Waals surface area contributed by atoms with Crippen LogP contribution in [-0.2, 0) is 4.74 Å². The minimum Gasteiger partial charge on any atom is -0.491 e. The lowest BCUT2D eigenvalue weighted by molar-refractivity contribution is 0.146. The van der Waals surface area contributed by atoms with E-state index in [1.54, 1.807) is 7.11 Å². The zero-order valence-corrected chi connectivity index (χ0v) is 9.66. The molecule has 4 nitrogen and oxygen atoms in total. The Morgan fingerprint density at radius 1 is 1.44 bits per heavy atom. The van der Waals surface area contributed by atoms with E-state index in [1.807, 2.05) is 25.2 Å². The van der Waals surface area contributed by atoms with Crippen molar-refractivity contribution in [2.45, 2.75) is 6.04 Å². The Kier molecular flexibility index (Phi) is 3.64. The van der Waals surface area contributed by atoms with Crippen molar-refractivity contribution in [2.24, 2.45) is 0 Å². The Hall–Kier alpha value is -1.26. The van der Waals surface area contributed by atoms with Crippen molar-refractivity contribution in [2.75, 3.05) is 34.0 Å². The maximum atomic E-state index is 5.58. The lowest BCUT2D eigenvalue weighted by atomic mass is 10.1. The third kappa shape index (κ3) is 2.28. The molecule has 0 aliphatic carbocycles. The molecule has 0 spiro atoms. The number of methoxy groups -OCH3 is 1. The highest BCUT2D eigenvalue weighted by atomic mass is 16.5. The first kappa shape index (κ1) is 11.2. The van der Waals surface area contributed by atoms with Gasteiger partial charge in [-0.2, -0.15) is 0 Å². The molecule has 0 amide bonds. The lowest BCUT2D eigenvalue weighted by Gasteiger charge is -2.08. The van der Waals surface area contributed by atoms with E-state index in [9.17, 15) is 0 Å². The summed E-state index contributed by atoms with van der Waals surface area (Å²) < 4.78 is 16.0. The number of fused-ring (bicyclic) bond motifs is 1. The van der Waals surface area contributed by atoms with Gasteiger partial charge in [-0.3, -0.25) is 0 Å². The highest BCUT2D eigenvalue weighted by Crippen LogP contribution is 2.34. The van der Waals surface area contributed by atoms with Crippen LogP contribution >= 0.6 is 0 Å². The van der Waals surface area contributed by atoms with Gasteiger partial charge in [0.2, 0.25) is 0 Å². The second kappa shape index (κ2) is 5.18. The van der Waals surface area contributed by atoms with Crippen LogP contribution in [0.3, 0.4) is 0 Å². The molecule has 1 aromatic rings. The van der Waals surface area contributed by atoms with Crippen LogP contribution in [0.25, 0.3) is 0 Å². The molecule has 88 valence electrons. The summed E-state index contributed by atoms with van der Waals surface area (Å²) in [5.74, 6) is 1.74. The molecule has 16 heavy (non-hydrogen) atoms. The summed E-state index contributed by atoms with van der Waals surface area (Å²) in [6.45, 7) is 1.84. The average Bonchev–Trinajstić information content (AvgIpc) is 2.71. The van der Waals surface area contributed by atoms with Gasteiger partial charge in [-0.15, -0.1) is 0 Å². The summed E-state index contributed by atoms with van der Waals surface area (Å²) >= 11 is 0. The maximum absolute atomic E-state index is 5.58. The van der Waals surface area contributed by atoms with Gasteiger partial charge in [-0.05, 0) is 19.2 Å². The summed E-state index contributed by atoms with van der Waals surface area (Å²) in [6.07, 6.45) is 0. The molecule has 4 heteroatoms. The summed E-state index contributed by atoms with van der Waals surface area (Å²) in [6, 6.07) is 6.24. The van der Waals surface area contributed by atoms with Crippen LogP contribution in [0.2, 0.25) is 0 Å². The number of benzene rings is 1. The fourth-order valence-corrected chi connectivity index (χ4v) is 1.76. The zero-order valence-electron chi connectivity index (χ0n) is 9.66. The van der Waals surface area contributed by atoms with Gasteiger partial charge in [-0.25, -0.2) is 0 Å². The van der Waals surface area contributed by atoms with E-state index in [4.69, 9.17) is 14.2 Å². The predicted molar refractivity (Wildman–Crippen MR) is 61.1 cm³/mol. The maximum Gasteiger partial charge on any atom is 0.127 e.